The number of carbonyl (C=O) groups excluding carboxylic acids is 1. The number of aliphatic hydroxyl groups is 1. The van der Waals surface area contributed by atoms with E-state index in [-0.39, 0.29) is 24.5 Å². The van der Waals surface area contributed by atoms with Crippen molar-refractivity contribution in [1.82, 2.24) is 5.32 Å². The molecule has 1 aromatic rings. The Morgan fingerprint density at radius 2 is 2.15 bits per heavy atom. The number of rotatable bonds is 3. The third kappa shape index (κ3) is 2.37. The highest BCUT2D eigenvalue weighted by Crippen LogP contribution is 2.48. The molecule has 2 aliphatic rings. The van der Waals surface area contributed by atoms with Crippen molar-refractivity contribution < 1.29 is 14.3 Å². The SMILES string of the molecule is O=C(NC1C2CCC(C2)C1CO)c1cc(F)ccc1Br. The lowest BCUT2D eigenvalue weighted by atomic mass is 9.85. The third-order valence-electron chi connectivity index (χ3n) is 4.77. The molecule has 0 radical (unpaired) electrons. The Morgan fingerprint density at radius 3 is 2.90 bits per heavy atom. The van der Waals surface area contributed by atoms with Crippen molar-refractivity contribution in [3.05, 3.63) is 34.1 Å². The summed E-state index contributed by atoms with van der Waals surface area (Å²) < 4.78 is 13.9. The second kappa shape index (κ2) is 5.45. The molecule has 0 spiro atoms. The number of hydrogen-bond acceptors (Lipinski definition) is 2. The van der Waals surface area contributed by atoms with Gasteiger partial charge in [0.1, 0.15) is 5.82 Å². The van der Waals surface area contributed by atoms with Crippen molar-refractivity contribution in [2.75, 3.05) is 6.61 Å². The first-order valence-corrected chi connectivity index (χ1v) is 7.76. The highest BCUT2D eigenvalue weighted by atomic mass is 79.9. The molecule has 0 aromatic heterocycles. The van der Waals surface area contributed by atoms with E-state index in [2.05, 4.69) is 21.2 Å². The molecular formula is C15H17BrFNO2. The molecule has 2 bridgehead atoms. The molecule has 1 amide bonds. The van der Waals surface area contributed by atoms with Crippen molar-refractivity contribution in [3.63, 3.8) is 0 Å². The van der Waals surface area contributed by atoms with Crippen molar-refractivity contribution in [2.45, 2.75) is 25.3 Å². The topological polar surface area (TPSA) is 49.3 Å². The molecule has 1 aromatic carbocycles. The van der Waals surface area contributed by atoms with Gasteiger partial charge in [0.15, 0.2) is 0 Å². The second-order valence-corrected chi connectivity index (χ2v) is 6.66. The molecule has 0 saturated heterocycles. The summed E-state index contributed by atoms with van der Waals surface area (Å²) in [5.74, 6) is 0.419. The number of carbonyl (C=O) groups is 1. The molecule has 3 nitrogen and oxygen atoms in total. The van der Waals surface area contributed by atoms with Crippen LogP contribution in [0.1, 0.15) is 29.6 Å². The monoisotopic (exact) mass is 341 g/mol. The minimum Gasteiger partial charge on any atom is -0.396 e. The largest absolute Gasteiger partial charge is 0.396 e. The summed E-state index contributed by atoms with van der Waals surface area (Å²) in [6.07, 6.45) is 3.34. The van der Waals surface area contributed by atoms with Crippen LogP contribution >= 0.6 is 15.9 Å². The Kier molecular flexibility index (Phi) is 3.82. The number of aliphatic hydroxyl groups excluding tert-OH is 1. The van der Waals surface area contributed by atoms with Gasteiger partial charge in [-0.25, -0.2) is 4.39 Å². The predicted octanol–water partition coefficient (Wildman–Crippen LogP) is 2.73. The standard InChI is InChI=1S/C15H17BrFNO2/c16-13-4-3-10(17)6-11(13)15(20)18-14-9-2-1-8(5-9)12(14)7-19/h3-4,6,8-9,12,14,19H,1-2,5,7H2,(H,18,20). The van der Waals surface area contributed by atoms with Crippen molar-refractivity contribution in [3.8, 4) is 0 Å². The summed E-state index contributed by atoms with van der Waals surface area (Å²) in [6.45, 7) is 0.108. The molecule has 2 N–H and O–H groups in total. The Bertz CT molecular complexity index is 537. The van der Waals surface area contributed by atoms with Crippen molar-refractivity contribution in [2.24, 2.45) is 17.8 Å². The number of hydrogen-bond donors (Lipinski definition) is 2. The van der Waals surface area contributed by atoms with E-state index in [4.69, 9.17) is 0 Å². The van der Waals surface area contributed by atoms with Gasteiger partial charge in [-0.05, 0) is 65.2 Å². The summed E-state index contributed by atoms with van der Waals surface area (Å²) >= 11 is 3.28. The van der Waals surface area contributed by atoms with Gasteiger partial charge >= 0.3 is 0 Å². The highest BCUT2D eigenvalue weighted by molar-refractivity contribution is 9.10. The van der Waals surface area contributed by atoms with Crippen LogP contribution in [0.2, 0.25) is 0 Å². The van der Waals surface area contributed by atoms with Crippen LogP contribution in [0.5, 0.6) is 0 Å². The molecule has 0 heterocycles. The van der Waals surface area contributed by atoms with E-state index in [0.29, 0.717) is 21.9 Å². The zero-order valence-corrected chi connectivity index (χ0v) is 12.6. The average molecular weight is 342 g/mol. The van der Waals surface area contributed by atoms with Gasteiger partial charge in [-0.2, -0.15) is 0 Å². The fourth-order valence-electron chi connectivity index (χ4n) is 3.80. The smallest absolute Gasteiger partial charge is 0.252 e. The molecule has 3 rings (SSSR count). The van der Waals surface area contributed by atoms with Crippen LogP contribution in [0.3, 0.4) is 0 Å². The van der Waals surface area contributed by atoms with E-state index < -0.39 is 5.82 Å². The number of amides is 1. The first-order chi connectivity index (χ1) is 9.60. The summed E-state index contributed by atoms with van der Waals surface area (Å²) in [7, 11) is 0. The summed E-state index contributed by atoms with van der Waals surface area (Å²) in [4.78, 5) is 12.3. The Balaban J connectivity index is 1.77. The zero-order chi connectivity index (χ0) is 14.3. The lowest BCUT2D eigenvalue weighted by Gasteiger charge is -2.30. The van der Waals surface area contributed by atoms with Crippen LogP contribution in [0.15, 0.2) is 22.7 Å². The van der Waals surface area contributed by atoms with E-state index in [1.165, 1.54) is 18.2 Å². The van der Waals surface area contributed by atoms with Crippen molar-refractivity contribution in [1.29, 1.82) is 0 Å². The minimum atomic E-state index is -0.426. The molecule has 20 heavy (non-hydrogen) atoms. The number of nitrogens with one attached hydrogen (secondary N) is 1. The number of fused-ring (bicyclic) bond motifs is 2. The molecule has 2 aliphatic carbocycles. The minimum absolute atomic E-state index is 0.0152. The van der Waals surface area contributed by atoms with E-state index in [1.807, 2.05) is 0 Å². The predicted molar refractivity (Wildman–Crippen MR) is 76.8 cm³/mol. The van der Waals surface area contributed by atoms with Gasteiger partial charge in [-0.15, -0.1) is 0 Å². The van der Waals surface area contributed by atoms with E-state index >= 15 is 0 Å². The highest BCUT2D eigenvalue weighted by Gasteiger charge is 2.47. The van der Waals surface area contributed by atoms with Gasteiger partial charge in [0, 0.05) is 23.0 Å². The Labute approximate surface area is 125 Å². The van der Waals surface area contributed by atoms with Crippen LogP contribution in [-0.4, -0.2) is 23.7 Å². The van der Waals surface area contributed by atoms with Crippen LogP contribution < -0.4 is 5.32 Å². The van der Waals surface area contributed by atoms with E-state index in [9.17, 15) is 14.3 Å². The van der Waals surface area contributed by atoms with Gasteiger partial charge in [0.25, 0.3) is 5.91 Å². The van der Waals surface area contributed by atoms with Gasteiger partial charge in [0.2, 0.25) is 0 Å². The normalized spacial score (nSPS) is 31.6. The molecule has 5 heteroatoms. The van der Waals surface area contributed by atoms with Gasteiger partial charge in [0.05, 0.1) is 5.56 Å². The Hall–Kier alpha value is -0.940. The first-order valence-electron chi connectivity index (χ1n) is 6.97. The molecule has 0 aliphatic heterocycles. The molecule has 108 valence electrons. The van der Waals surface area contributed by atoms with E-state index in [0.717, 1.165) is 19.3 Å². The molecule has 4 unspecified atom stereocenters. The molecule has 4 atom stereocenters. The third-order valence-corrected chi connectivity index (χ3v) is 5.46. The number of halogens is 2. The fourth-order valence-corrected chi connectivity index (χ4v) is 4.23. The van der Waals surface area contributed by atoms with Crippen LogP contribution in [0, 0.1) is 23.6 Å². The van der Waals surface area contributed by atoms with Crippen LogP contribution in [-0.2, 0) is 0 Å². The fraction of sp³-hybridized carbons (Fsp3) is 0.533. The summed E-state index contributed by atoms with van der Waals surface area (Å²) in [6, 6.07) is 4.10. The summed E-state index contributed by atoms with van der Waals surface area (Å²) in [5.41, 5.74) is 0.310. The molecular weight excluding hydrogens is 325 g/mol. The first kappa shape index (κ1) is 14.0. The number of benzene rings is 1. The summed E-state index contributed by atoms with van der Waals surface area (Å²) in [5, 5.41) is 12.5. The second-order valence-electron chi connectivity index (χ2n) is 5.80. The quantitative estimate of drug-likeness (QED) is 0.888. The molecule has 2 saturated carbocycles. The average Bonchev–Trinajstić information content (AvgIpc) is 3.02. The van der Waals surface area contributed by atoms with Gasteiger partial charge < -0.3 is 10.4 Å². The van der Waals surface area contributed by atoms with Crippen LogP contribution in [0.4, 0.5) is 4.39 Å². The van der Waals surface area contributed by atoms with Crippen molar-refractivity contribution >= 4 is 21.8 Å². The molecule has 2 fully saturated rings. The lowest BCUT2D eigenvalue weighted by Crippen LogP contribution is -2.45. The van der Waals surface area contributed by atoms with E-state index in [1.54, 1.807) is 0 Å². The Morgan fingerprint density at radius 1 is 1.40 bits per heavy atom. The maximum absolute atomic E-state index is 13.3. The maximum Gasteiger partial charge on any atom is 0.252 e. The van der Waals surface area contributed by atoms with Gasteiger partial charge in [-0.3, -0.25) is 4.79 Å². The van der Waals surface area contributed by atoms with Gasteiger partial charge in [-0.1, -0.05) is 0 Å². The maximum atomic E-state index is 13.3. The zero-order valence-electron chi connectivity index (χ0n) is 11.0. The van der Waals surface area contributed by atoms with Crippen LogP contribution in [0.25, 0.3) is 0 Å². The lowest BCUT2D eigenvalue weighted by molar-refractivity contribution is 0.0860.